The number of thiophene rings is 2. The summed E-state index contributed by atoms with van der Waals surface area (Å²) in [5.74, 6) is -0.458. The van der Waals surface area contributed by atoms with Gasteiger partial charge in [-0.1, -0.05) is 36.0 Å². The van der Waals surface area contributed by atoms with Gasteiger partial charge in [0.2, 0.25) is 5.91 Å². The van der Waals surface area contributed by atoms with Crippen molar-refractivity contribution in [1.29, 1.82) is 0 Å². The molecule has 1 aromatic carbocycles. The van der Waals surface area contributed by atoms with Crippen molar-refractivity contribution in [2.24, 2.45) is 0 Å². The van der Waals surface area contributed by atoms with Gasteiger partial charge in [0.1, 0.15) is 4.83 Å². The Morgan fingerprint density at radius 3 is 2.62 bits per heavy atom. The maximum absolute atomic E-state index is 13.7. The molecule has 164 valence electrons. The van der Waals surface area contributed by atoms with E-state index in [4.69, 9.17) is 4.98 Å². The summed E-state index contributed by atoms with van der Waals surface area (Å²) < 4.78 is 1.53. The molecular weight excluding hydrogens is 464 g/mol. The Morgan fingerprint density at radius 2 is 1.94 bits per heavy atom. The number of urea groups is 1. The van der Waals surface area contributed by atoms with E-state index in [9.17, 15) is 14.4 Å². The molecule has 0 aliphatic rings. The van der Waals surface area contributed by atoms with Gasteiger partial charge in [0, 0.05) is 22.4 Å². The molecule has 3 aromatic heterocycles. The van der Waals surface area contributed by atoms with Gasteiger partial charge < -0.3 is 5.32 Å². The van der Waals surface area contributed by atoms with Gasteiger partial charge in [-0.05, 0) is 37.4 Å². The van der Waals surface area contributed by atoms with Crippen molar-refractivity contribution >= 4 is 56.6 Å². The summed E-state index contributed by atoms with van der Waals surface area (Å²) in [4.78, 5) is 44.3. The third kappa shape index (κ3) is 4.47. The average Bonchev–Trinajstić information content (AvgIpc) is 3.44. The summed E-state index contributed by atoms with van der Waals surface area (Å²) in [6.07, 6.45) is 0. The van der Waals surface area contributed by atoms with Gasteiger partial charge in [-0.2, -0.15) is 0 Å². The molecule has 0 aliphatic carbocycles. The molecule has 0 saturated carbocycles. The fraction of sp³-hybridized carbons (Fsp3) is 0.182. The highest BCUT2D eigenvalue weighted by Gasteiger charge is 2.23. The number of benzene rings is 1. The molecule has 0 unspecified atom stereocenters. The first-order valence-electron chi connectivity index (χ1n) is 9.88. The first kappa shape index (κ1) is 22.3. The van der Waals surface area contributed by atoms with E-state index in [-0.39, 0.29) is 5.56 Å². The molecule has 32 heavy (non-hydrogen) atoms. The number of aromatic nitrogens is 2. The zero-order valence-corrected chi connectivity index (χ0v) is 19.8. The Hall–Kier alpha value is -2.95. The lowest BCUT2D eigenvalue weighted by atomic mass is 10.2. The van der Waals surface area contributed by atoms with E-state index in [1.165, 1.54) is 15.9 Å². The summed E-state index contributed by atoms with van der Waals surface area (Å²) in [6, 6.07) is 12.6. The molecule has 4 aromatic rings. The maximum Gasteiger partial charge on any atom is 0.321 e. The molecular formula is C22H20N4O3S3. The average molecular weight is 485 g/mol. The van der Waals surface area contributed by atoms with E-state index >= 15 is 0 Å². The van der Waals surface area contributed by atoms with Gasteiger partial charge in [-0.15, -0.1) is 22.7 Å². The smallest absolute Gasteiger partial charge is 0.321 e. The number of amides is 3. The van der Waals surface area contributed by atoms with E-state index in [0.717, 1.165) is 22.2 Å². The van der Waals surface area contributed by atoms with E-state index in [2.05, 4.69) is 10.6 Å². The number of imide groups is 1. The molecule has 0 fully saturated rings. The second kappa shape index (κ2) is 9.68. The molecule has 3 amide bonds. The highest BCUT2D eigenvalue weighted by atomic mass is 32.2. The first-order valence-corrected chi connectivity index (χ1v) is 12.5. The molecule has 7 nitrogen and oxygen atoms in total. The fourth-order valence-corrected chi connectivity index (χ4v) is 5.83. The predicted octanol–water partition coefficient (Wildman–Crippen LogP) is 4.50. The standard InChI is InChI=1S/C22H20N4O3S3/c1-3-23-21(29)24-18(27)13(2)32-22-25-19-17(15(12-31-19)16-10-7-11-30-16)20(28)26(22)14-8-5-4-6-9-14/h4-13H,3H2,1-2H3,(H2,23,24,27,29)/t13-/m0/s1. The van der Waals surface area contributed by atoms with Crippen molar-refractivity contribution in [3.63, 3.8) is 0 Å². The van der Waals surface area contributed by atoms with Crippen LogP contribution in [0.25, 0.3) is 26.3 Å². The SMILES string of the molecule is CCNC(=O)NC(=O)[C@H](C)Sc1nc2scc(-c3cccs3)c2c(=O)n1-c1ccccc1. The van der Waals surface area contributed by atoms with Crippen LogP contribution in [-0.4, -0.2) is 33.3 Å². The normalized spacial score (nSPS) is 11.9. The van der Waals surface area contributed by atoms with Crippen LogP contribution in [0.3, 0.4) is 0 Å². The summed E-state index contributed by atoms with van der Waals surface area (Å²) in [6.45, 7) is 3.86. The Labute approximate surface area is 196 Å². The van der Waals surface area contributed by atoms with Crippen molar-refractivity contribution in [3.05, 3.63) is 63.6 Å². The van der Waals surface area contributed by atoms with Crippen LogP contribution in [0.4, 0.5) is 4.79 Å². The lowest BCUT2D eigenvalue weighted by molar-refractivity contribution is -0.119. The summed E-state index contributed by atoms with van der Waals surface area (Å²) in [5.41, 5.74) is 1.33. The molecule has 0 saturated heterocycles. The van der Waals surface area contributed by atoms with Crippen LogP contribution in [0.1, 0.15) is 13.8 Å². The Morgan fingerprint density at radius 1 is 1.16 bits per heavy atom. The number of nitrogens with zero attached hydrogens (tertiary/aromatic N) is 2. The second-order valence-corrected chi connectivity index (χ2v) is 9.90. The number of fused-ring (bicyclic) bond motifs is 1. The van der Waals surface area contributed by atoms with Gasteiger partial charge in [0.25, 0.3) is 5.56 Å². The predicted molar refractivity (Wildman–Crippen MR) is 131 cm³/mol. The highest BCUT2D eigenvalue weighted by Crippen LogP contribution is 2.35. The minimum absolute atomic E-state index is 0.190. The third-order valence-electron chi connectivity index (χ3n) is 4.60. The third-order valence-corrected chi connectivity index (χ3v) is 7.43. The molecule has 1 atom stereocenters. The van der Waals surface area contributed by atoms with Crippen LogP contribution in [0.15, 0.2) is 63.2 Å². The Kier molecular flexibility index (Phi) is 6.73. The van der Waals surface area contributed by atoms with Crippen molar-refractivity contribution < 1.29 is 9.59 Å². The number of nitrogens with one attached hydrogen (secondary N) is 2. The second-order valence-electron chi connectivity index (χ2n) is 6.79. The molecule has 3 heterocycles. The topological polar surface area (TPSA) is 93.1 Å². The monoisotopic (exact) mass is 484 g/mol. The molecule has 0 radical (unpaired) electrons. The van der Waals surface area contributed by atoms with Crippen molar-refractivity contribution in [3.8, 4) is 16.1 Å². The van der Waals surface area contributed by atoms with Crippen LogP contribution in [0, 0.1) is 0 Å². The minimum atomic E-state index is -0.645. The lowest BCUT2D eigenvalue weighted by Crippen LogP contribution is -2.42. The largest absolute Gasteiger partial charge is 0.338 e. The quantitative estimate of drug-likeness (QED) is 0.310. The number of thioether (sulfide) groups is 1. The minimum Gasteiger partial charge on any atom is -0.338 e. The van der Waals surface area contributed by atoms with Crippen LogP contribution in [-0.2, 0) is 4.79 Å². The summed E-state index contributed by atoms with van der Waals surface area (Å²) in [7, 11) is 0. The maximum atomic E-state index is 13.7. The number of hydrogen-bond acceptors (Lipinski definition) is 7. The van der Waals surface area contributed by atoms with Gasteiger partial charge >= 0.3 is 6.03 Å². The molecule has 0 bridgehead atoms. The van der Waals surface area contributed by atoms with Crippen LogP contribution >= 0.6 is 34.4 Å². The molecule has 0 spiro atoms. The summed E-state index contributed by atoms with van der Waals surface area (Å²) in [5, 5.41) is 9.08. The molecule has 4 rings (SSSR count). The Balaban J connectivity index is 1.79. The Bertz CT molecular complexity index is 1310. The van der Waals surface area contributed by atoms with E-state index in [0.29, 0.717) is 27.6 Å². The zero-order valence-electron chi connectivity index (χ0n) is 17.3. The van der Waals surface area contributed by atoms with Gasteiger partial charge in [-0.3, -0.25) is 19.5 Å². The van der Waals surface area contributed by atoms with E-state index in [1.54, 1.807) is 25.2 Å². The van der Waals surface area contributed by atoms with Gasteiger partial charge in [0.15, 0.2) is 5.16 Å². The lowest BCUT2D eigenvalue weighted by Gasteiger charge is -2.15. The molecule has 0 aliphatic heterocycles. The number of carbonyl (C=O) groups excluding carboxylic acids is 2. The first-order chi connectivity index (χ1) is 15.5. The van der Waals surface area contributed by atoms with E-state index in [1.807, 2.05) is 53.2 Å². The van der Waals surface area contributed by atoms with E-state index < -0.39 is 17.2 Å². The van der Waals surface area contributed by atoms with Crippen LogP contribution in [0.2, 0.25) is 0 Å². The number of hydrogen-bond donors (Lipinski definition) is 2. The molecule has 2 N–H and O–H groups in total. The highest BCUT2D eigenvalue weighted by molar-refractivity contribution is 8.00. The number of rotatable bonds is 6. The zero-order chi connectivity index (χ0) is 22.7. The molecule has 10 heteroatoms. The summed E-state index contributed by atoms with van der Waals surface area (Å²) >= 11 is 4.11. The van der Waals surface area contributed by atoms with Crippen molar-refractivity contribution in [1.82, 2.24) is 20.2 Å². The van der Waals surface area contributed by atoms with Crippen molar-refractivity contribution in [2.75, 3.05) is 6.54 Å². The fourth-order valence-electron chi connectivity index (χ4n) is 3.10. The van der Waals surface area contributed by atoms with Crippen LogP contribution < -0.4 is 16.2 Å². The van der Waals surface area contributed by atoms with Crippen molar-refractivity contribution in [2.45, 2.75) is 24.3 Å². The van der Waals surface area contributed by atoms with Gasteiger partial charge in [-0.25, -0.2) is 9.78 Å². The van der Waals surface area contributed by atoms with Crippen LogP contribution in [0.5, 0.6) is 0 Å². The number of para-hydroxylation sites is 1. The number of carbonyl (C=O) groups is 2. The van der Waals surface area contributed by atoms with Gasteiger partial charge in [0.05, 0.1) is 16.3 Å².